The Morgan fingerprint density at radius 1 is 1.19 bits per heavy atom. The molecular formula is C17H20N2O2. The van der Waals surface area contributed by atoms with E-state index >= 15 is 0 Å². The van der Waals surface area contributed by atoms with Gasteiger partial charge < -0.3 is 14.6 Å². The predicted molar refractivity (Wildman–Crippen MR) is 81.5 cm³/mol. The van der Waals surface area contributed by atoms with E-state index in [-0.39, 0.29) is 5.91 Å². The van der Waals surface area contributed by atoms with Crippen LogP contribution in [0.2, 0.25) is 0 Å². The molecule has 4 heteroatoms. The molecule has 110 valence electrons. The van der Waals surface area contributed by atoms with Crippen molar-refractivity contribution >= 4 is 5.91 Å². The second kappa shape index (κ2) is 5.04. The van der Waals surface area contributed by atoms with Crippen LogP contribution >= 0.6 is 0 Å². The molecule has 0 saturated carbocycles. The monoisotopic (exact) mass is 284 g/mol. The largest absolute Gasteiger partial charge is 0.391 e. The lowest BCUT2D eigenvalue weighted by atomic mass is 9.98. The Bertz CT molecular complexity index is 629. The van der Waals surface area contributed by atoms with Gasteiger partial charge in [-0.05, 0) is 56.7 Å². The molecule has 1 aliphatic rings. The van der Waals surface area contributed by atoms with Gasteiger partial charge in [-0.15, -0.1) is 0 Å². The maximum atomic E-state index is 12.6. The van der Waals surface area contributed by atoms with Crippen molar-refractivity contribution in [1.82, 2.24) is 9.47 Å². The van der Waals surface area contributed by atoms with Crippen molar-refractivity contribution < 1.29 is 9.90 Å². The Morgan fingerprint density at radius 2 is 1.81 bits per heavy atom. The molecule has 0 bridgehead atoms. The van der Waals surface area contributed by atoms with E-state index in [4.69, 9.17) is 0 Å². The normalized spacial score (nSPS) is 20.7. The first-order valence-corrected chi connectivity index (χ1v) is 7.23. The molecule has 4 nitrogen and oxygen atoms in total. The summed E-state index contributed by atoms with van der Waals surface area (Å²) in [5.41, 5.74) is 1.18. The van der Waals surface area contributed by atoms with Crippen molar-refractivity contribution in [3.05, 3.63) is 54.4 Å². The summed E-state index contributed by atoms with van der Waals surface area (Å²) >= 11 is 0. The van der Waals surface area contributed by atoms with Crippen molar-refractivity contribution in [2.24, 2.45) is 0 Å². The number of aliphatic hydroxyl groups excluding tert-OH is 1. The fourth-order valence-corrected chi connectivity index (χ4v) is 2.87. The Hall–Kier alpha value is -2.07. The Kier molecular flexibility index (Phi) is 3.33. The number of rotatable bonds is 2. The van der Waals surface area contributed by atoms with E-state index in [0.717, 1.165) is 5.69 Å². The van der Waals surface area contributed by atoms with Crippen molar-refractivity contribution in [2.75, 3.05) is 6.54 Å². The summed E-state index contributed by atoms with van der Waals surface area (Å²) in [6, 6.07) is 11.5. The smallest absolute Gasteiger partial charge is 0.254 e. The number of amides is 1. The molecule has 2 heterocycles. The third-order valence-corrected chi connectivity index (χ3v) is 4.40. The summed E-state index contributed by atoms with van der Waals surface area (Å²) in [6.07, 6.45) is 4.12. The van der Waals surface area contributed by atoms with Gasteiger partial charge in [0.15, 0.2) is 0 Å². The van der Waals surface area contributed by atoms with Gasteiger partial charge in [0.2, 0.25) is 0 Å². The van der Waals surface area contributed by atoms with Crippen molar-refractivity contribution in [3.63, 3.8) is 0 Å². The average Bonchev–Trinajstić information content (AvgIpc) is 3.08. The lowest BCUT2D eigenvalue weighted by molar-refractivity contribution is 0.0394. The van der Waals surface area contributed by atoms with Gasteiger partial charge in [-0.3, -0.25) is 4.79 Å². The van der Waals surface area contributed by atoms with Gasteiger partial charge in [-0.25, -0.2) is 0 Å². The van der Waals surface area contributed by atoms with E-state index in [1.54, 1.807) is 4.90 Å². The van der Waals surface area contributed by atoms with Crippen LogP contribution in [-0.4, -0.2) is 38.7 Å². The lowest BCUT2D eigenvalue weighted by Gasteiger charge is -2.33. The zero-order chi connectivity index (χ0) is 15.0. The molecule has 3 rings (SSSR count). The summed E-state index contributed by atoms with van der Waals surface area (Å²) in [7, 11) is 0. The molecule has 21 heavy (non-hydrogen) atoms. The minimum Gasteiger partial charge on any atom is -0.391 e. The van der Waals surface area contributed by atoms with Gasteiger partial charge in [0.25, 0.3) is 5.91 Å². The van der Waals surface area contributed by atoms with Crippen LogP contribution in [0.25, 0.3) is 5.69 Å². The minimum absolute atomic E-state index is 0.0180. The number of carbonyl (C=O) groups excluding carboxylic acids is 1. The number of aromatic nitrogens is 1. The summed E-state index contributed by atoms with van der Waals surface area (Å²) in [6.45, 7) is 4.43. The van der Waals surface area contributed by atoms with Crippen LogP contribution in [-0.2, 0) is 0 Å². The second-order valence-corrected chi connectivity index (χ2v) is 6.05. The quantitative estimate of drug-likeness (QED) is 0.920. The van der Waals surface area contributed by atoms with Gasteiger partial charge in [0, 0.05) is 30.2 Å². The number of hydrogen-bond acceptors (Lipinski definition) is 2. The van der Waals surface area contributed by atoms with Crippen LogP contribution in [0.4, 0.5) is 0 Å². The Morgan fingerprint density at radius 3 is 2.33 bits per heavy atom. The minimum atomic E-state index is -0.504. The van der Waals surface area contributed by atoms with Crippen molar-refractivity contribution in [3.8, 4) is 5.69 Å². The molecule has 0 aliphatic carbocycles. The molecular weight excluding hydrogens is 264 g/mol. The summed E-state index contributed by atoms with van der Waals surface area (Å²) in [5, 5.41) is 10.00. The van der Waals surface area contributed by atoms with Gasteiger partial charge in [0.05, 0.1) is 11.6 Å². The average molecular weight is 284 g/mol. The maximum Gasteiger partial charge on any atom is 0.254 e. The zero-order valence-electron chi connectivity index (χ0n) is 12.4. The van der Waals surface area contributed by atoms with Crippen LogP contribution in [0.15, 0.2) is 48.8 Å². The highest BCUT2D eigenvalue weighted by Crippen LogP contribution is 2.30. The molecule has 1 aliphatic heterocycles. The number of nitrogens with zero attached hydrogens (tertiary/aromatic N) is 2. The molecule has 1 aromatic carbocycles. The van der Waals surface area contributed by atoms with Crippen LogP contribution in [0, 0.1) is 0 Å². The number of aliphatic hydroxyl groups is 1. The molecule has 1 amide bonds. The zero-order valence-corrected chi connectivity index (χ0v) is 12.4. The van der Waals surface area contributed by atoms with Crippen LogP contribution < -0.4 is 0 Å². The number of hydrogen-bond donors (Lipinski definition) is 1. The van der Waals surface area contributed by atoms with Crippen molar-refractivity contribution in [1.29, 1.82) is 0 Å². The van der Waals surface area contributed by atoms with Crippen LogP contribution in [0.5, 0.6) is 0 Å². The van der Waals surface area contributed by atoms with Gasteiger partial charge in [0.1, 0.15) is 0 Å². The molecule has 1 saturated heterocycles. The van der Waals surface area contributed by atoms with Gasteiger partial charge in [-0.1, -0.05) is 0 Å². The van der Waals surface area contributed by atoms with Crippen LogP contribution in [0.3, 0.4) is 0 Å². The van der Waals surface area contributed by atoms with Crippen LogP contribution in [0.1, 0.15) is 30.6 Å². The second-order valence-electron chi connectivity index (χ2n) is 6.05. The van der Waals surface area contributed by atoms with E-state index in [2.05, 4.69) is 0 Å². The molecule has 0 radical (unpaired) electrons. The molecule has 1 N–H and O–H groups in total. The summed E-state index contributed by atoms with van der Waals surface area (Å²) in [4.78, 5) is 14.4. The Balaban J connectivity index is 1.83. The fraction of sp³-hybridized carbons (Fsp3) is 0.353. The Labute approximate surface area is 124 Å². The van der Waals surface area contributed by atoms with E-state index in [1.807, 2.05) is 67.2 Å². The first-order valence-electron chi connectivity index (χ1n) is 7.23. The molecule has 1 unspecified atom stereocenters. The molecule has 1 fully saturated rings. The summed E-state index contributed by atoms with van der Waals surface area (Å²) < 4.78 is 2.00. The third-order valence-electron chi connectivity index (χ3n) is 4.40. The predicted octanol–water partition coefficient (Wildman–Crippen LogP) is 2.46. The molecule has 2 aromatic rings. The van der Waals surface area contributed by atoms with E-state index < -0.39 is 11.6 Å². The third kappa shape index (κ3) is 2.36. The fourth-order valence-electron chi connectivity index (χ4n) is 2.87. The summed E-state index contributed by atoms with van der Waals surface area (Å²) in [5.74, 6) is -0.0180. The van der Waals surface area contributed by atoms with E-state index in [0.29, 0.717) is 18.5 Å². The molecule has 0 spiro atoms. The van der Waals surface area contributed by atoms with E-state index in [1.165, 1.54) is 0 Å². The first kappa shape index (κ1) is 13.9. The van der Waals surface area contributed by atoms with Gasteiger partial charge >= 0.3 is 0 Å². The highest BCUT2D eigenvalue weighted by Gasteiger charge is 2.42. The maximum absolute atomic E-state index is 12.6. The lowest BCUT2D eigenvalue weighted by Crippen LogP contribution is -2.48. The molecule has 1 atom stereocenters. The first-order chi connectivity index (χ1) is 10.00. The number of carbonyl (C=O) groups is 1. The topological polar surface area (TPSA) is 45.5 Å². The van der Waals surface area contributed by atoms with E-state index in [9.17, 15) is 9.90 Å². The van der Waals surface area contributed by atoms with Crippen molar-refractivity contribution in [2.45, 2.75) is 31.9 Å². The highest BCUT2D eigenvalue weighted by molar-refractivity contribution is 5.95. The number of benzene rings is 1. The molecule has 1 aromatic heterocycles. The van der Waals surface area contributed by atoms with Gasteiger partial charge in [-0.2, -0.15) is 0 Å². The SMILES string of the molecule is CC1(C)C(O)CCN1C(=O)c1ccc(-n2cccc2)cc1. The highest BCUT2D eigenvalue weighted by atomic mass is 16.3. The standard InChI is InChI=1S/C17H20N2O2/c1-17(2)15(20)9-12-19(17)16(21)13-5-7-14(8-6-13)18-10-3-4-11-18/h3-8,10-11,15,20H,9,12H2,1-2H3. The number of likely N-dealkylation sites (tertiary alicyclic amines) is 1.